The molecule has 1 heterocycles. The molecule has 1 rings (SSSR count). The first-order valence-corrected chi connectivity index (χ1v) is 4.40. The van der Waals surface area contributed by atoms with Crippen LogP contribution in [0.25, 0.3) is 0 Å². The lowest BCUT2D eigenvalue weighted by Crippen LogP contribution is -2.25. The molecule has 0 aliphatic carbocycles. The van der Waals surface area contributed by atoms with E-state index >= 15 is 0 Å². The maximum Gasteiger partial charge on any atom is 0.00951 e. The van der Waals surface area contributed by atoms with Crippen LogP contribution in [0.1, 0.15) is 33.1 Å². The van der Waals surface area contributed by atoms with Crippen LogP contribution in [0.15, 0.2) is 0 Å². The van der Waals surface area contributed by atoms with Crippen LogP contribution in [0.5, 0.6) is 0 Å². The maximum atomic E-state index is 2.50. The van der Waals surface area contributed by atoms with E-state index in [1.807, 2.05) is 0 Å². The molecule has 0 saturated carbocycles. The zero-order valence-electron chi connectivity index (χ0n) is 7.43. The van der Waals surface area contributed by atoms with Crippen molar-refractivity contribution >= 4 is 0 Å². The van der Waals surface area contributed by atoms with E-state index in [9.17, 15) is 0 Å². The van der Waals surface area contributed by atoms with Crippen LogP contribution >= 0.6 is 0 Å². The van der Waals surface area contributed by atoms with E-state index in [-0.39, 0.29) is 0 Å². The molecule has 1 nitrogen and oxygen atoms in total. The Kier molecular flexibility index (Phi) is 2.72. The van der Waals surface area contributed by atoms with Crippen LogP contribution in [0.3, 0.4) is 0 Å². The predicted molar refractivity (Wildman–Crippen MR) is 45.1 cm³/mol. The third-order valence-electron chi connectivity index (χ3n) is 2.41. The molecule has 10 heavy (non-hydrogen) atoms. The highest BCUT2D eigenvalue weighted by Gasteiger charge is 2.20. The third-order valence-corrected chi connectivity index (χ3v) is 2.41. The molecule has 1 saturated heterocycles. The Balaban J connectivity index is 2.26. The fourth-order valence-corrected chi connectivity index (χ4v) is 1.82. The van der Waals surface area contributed by atoms with Crippen LogP contribution in [-0.2, 0) is 0 Å². The van der Waals surface area contributed by atoms with E-state index in [1.54, 1.807) is 0 Å². The van der Waals surface area contributed by atoms with Gasteiger partial charge in [-0.15, -0.1) is 0 Å². The summed E-state index contributed by atoms with van der Waals surface area (Å²) >= 11 is 0. The number of nitrogens with zero attached hydrogens (tertiary/aromatic N) is 1. The van der Waals surface area contributed by atoms with Crippen molar-refractivity contribution in [2.45, 2.75) is 39.2 Å². The van der Waals surface area contributed by atoms with E-state index in [0.29, 0.717) is 0 Å². The Morgan fingerprint density at radius 2 is 2.20 bits per heavy atom. The van der Waals surface area contributed by atoms with Crippen LogP contribution in [0.4, 0.5) is 0 Å². The van der Waals surface area contributed by atoms with Crippen molar-refractivity contribution in [1.82, 2.24) is 4.90 Å². The van der Waals surface area contributed by atoms with Crippen LogP contribution in [-0.4, -0.2) is 24.5 Å². The molecule has 0 aromatic rings. The average molecular weight is 141 g/mol. The quantitative estimate of drug-likeness (QED) is 0.569. The summed E-state index contributed by atoms with van der Waals surface area (Å²) in [5, 5.41) is 0. The highest BCUT2D eigenvalue weighted by molar-refractivity contribution is 4.76. The molecule has 0 unspecified atom stereocenters. The number of rotatable bonds is 2. The molecular weight excluding hydrogens is 122 g/mol. The van der Waals surface area contributed by atoms with Gasteiger partial charge in [-0.1, -0.05) is 13.8 Å². The van der Waals surface area contributed by atoms with Crippen LogP contribution < -0.4 is 0 Å². The Morgan fingerprint density at radius 3 is 2.60 bits per heavy atom. The number of likely N-dealkylation sites (tertiary alicyclic amines) is 1. The summed E-state index contributed by atoms with van der Waals surface area (Å²) in [7, 11) is 2.25. The number of hydrogen-bond donors (Lipinski definition) is 0. The minimum atomic E-state index is 0.866. The van der Waals surface area contributed by atoms with Crippen molar-refractivity contribution in [2.75, 3.05) is 13.6 Å². The van der Waals surface area contributed by atoms with Crippen molar-refractivity contribution in [2.24, 2.45) is 5.92 Å². The zero-order valence-corrected chi connectivity index (χ0v) is 7.43. The van der Waals surface area contributed by atoms with Gasteiger partial charge >= 0.3 is 0 Å². The van der Waals surface area contributed by atoms with Crippen molar-refractivity contribution < 1.29 is 0 Å². The van der Waals surface area contributed by atoms with Crippen molar-refractivity contribution in [3.05, 3.63) is 0 Å². The minimum Gasteiger partial charge on any atom is -0.303 e. The SMILES string of the molecule is CC(C)C[C@H]1CCCN1C. The lowest BCUT2D eigenvalue weighted by atomic mass is 10.0. The second-order valence-electron chi connectivity index (χ2n) is 3.91. The summed E-state index contributed by atoms with van der Waals surface area (Å²) in [4.78, 5) is 2.50. The molecule has 0 amide bonds. The third kappa shape index (κ3) is 1.98. The summed E-state index contributed by atoms with van der Waals surface area (Å²) in [6.07, 6.45) is 4.22. The van der Waals surface area contributed by atoms with Gasteiger partial charge in [-0.3, -0.25) is 0 Å². The summed E-state index contributed by atoms with van der Waals surface area (Å²) < 4.78 is 0. The fraction of sp³-hybridized carbons (Fsp3) is 1.00. The lowest BCUT2D eigenvalue weighted by Gasteiger charge is -2.20. The van der Waals surface area contributed by atoms with Gasteiger partial charge in [0.05, 0.1) is 0 Å². The molecular formula is C9H19N. The second-order valence-corrected chi connectivity index (χ2v) is 3.91. The van der Waals surface area contributed by atoms with Gasteiger partial charge < -0.3 is 4.90 Å². The van der Waals surface area contributed by atoms with Crippen molar-refractivity contribution in [3.63, 3.8) is 0 Å². The Hall–Kier alpha value is -0.0400. The second kappa shape index (κ2) is 3.38. The Bertz CT molecular complexity index is 98.9. The van der Waals surface area contributed by atoms with Crippen LogP contribution in [0, 0.1) is 5.92 Å². The summed E-state index contributed by atoms with van der Waals surface area (Å²) in [6, 6.07) is 0.889. The largest absolute Gasteiger partial charge is 0.303 e. The first-order chi connectivity index (χ1) is 4.70. The van der Waals surface area contributed by atoms with Crippen LogP contribution in [0.2, 0.25) is 0 Å². The summed E-state index contributed by atoms with van der Waals surface area (Å²) in [6.45, 7) is 5.94. The average Bonchev–Trinajstić information content (AvgIpc) is 2.15. The van der Waals surface area contributed by atoms with Crippen molar-refractivity contribution in [3.8, 4) is 0 Å². The van der Waals surface area contributed by atoms with Gasteiger partial charge in [-0.05, 0) is 38.8 Å². The van der Waals surface area contributed by atoms with E-state index in [0.717, 1.165) is 12.0 Å². The Morgan fingerprint density at radius 1 is 1.50 bits per heavy atom. The summed E-state index contributed by atoms with van der Waals surface area (Å²) in [5.41, 5.74) is 0. The van der Waals surface area contributed by atoms with Gasteiger partial charge in [0.25, 0.3) is 0 Å². The molecule has 0 bridgehead atoms. The molecule has 0 aromatic carbocycles. The molecule has 0 aromatic heterocycles. The number of hydrogen-bond acceptors (Lipinski definition) is 1. The molecule has 0 radical (unpaired) electrons. The smallest absolute Gasteiger partial charge is 0.00951 e. The predicted octanol–water partition coefficient (Wildman–Crippen LogP) is 2.13. The minimum absolute atomic E-state index is 0.866. The van der Waals surface area contributed by atoms with Gasteiger partial charge in [-0.25, -0.2) is 0 Å². The van der Waals surface area contributed by atoms with E-state index in [4.69, 9.17) is 0 Å². The van der Waals surface area contributed by atoms with E-state index in [2.05, 4.69) is 25.8 Å². The first kappa shape index (κ1) is 8.06. The molecule has 1 heteroatoms. The monoisotopic (exact) mass is 141 g/mol. The highest BCUT2D eigenvalue weighted by Crippen LogP contribution is 2.20. The fourth-order valence-electron chi connectivity index (χ4n) is 1.82. The standard InChI is InChI=1S/C9H19N/c1-8(2)7-9-5-4-6-10(9)3/h8-9H,4-7H2,1-3H3/t9-/m1/s1. The highest BCUT2D eigenvalue weighted by atomic mass is 15.1. The molecule has 1 fully saturated rings. The Labute approximate surface area is 64.4 Å². The summed E-state index contributed by atoms with van der Waals surface area (Å²) in [5.74, 6) is 0.866. The molecule has 60 valence electrons. The molecule has 0 spiro atoms. The van der Waals surface area contributed by atoms with Gasteiger partial charge in [0.2, 0.25) is 0 Å². The first-order valence-electron chi connectivity index (χ1n) is 4.40. The van der Waals surface area contributed by atoms with E-state index < -0.39 is 0 Å². The topological polar surface area (TPSA) is 3.24 Å². The van der Waals surface area contributed by atoms with Gasteiger partial charge in [0.15, 0.2) is 0 Å². The van der Waals surface area contributed by atoms with Gasteiger partial charge in [0, 0.05) is 6.04 Å². The normalized spacial score (nSPS) is 28.2. The molecule has 0 N–H and O–H groups in total. The maximum absolute atomic E-state index is 2.50. The van der Waals surface area contributed by atoms with E-state index in [1.165, 1.54) is 25.8 Å². The van der Waals surface area contributed by atoms with Gasteiger partial charge in [-0.2, -0.15) is 0 Å². The zero-order chi connectivity index (χ0) is 7.56. The van der Waals surface area contributed by atoms with Gasteiger partial charge in [0.1, 0.15) is 0 Å². The molecule has 1 aliphatic rings. The lowest BCUT2D eigenvalue weighted by molar-refractivity contribution is 0.272. The van der Waals surface area contributed by atoms with Crippen molar-refractivity contribution in [1.29, 1.82) is 0 Å². The molecule has 1 atom stereocenters. The molecule has 1 aliphatic heterocycles.